The Morgan fingerprint density at radius 1 is 1.28 bits per heavy atom. The van der Waals surface area contributed by atoms with Crippen LogP contribution in [0, 0.1) is 0 Å². The molecule has 0 aliphatic carbocycles. The molecule has 3 rings (SSSR count). The fourth-order valence-electron chi connectivity index (χ4n) is 2.03. The Balaban J connectivity index is 1.64. The first-order valence-electron chi connectivity index (χ1n) is 7.13. The van der Waals surface area contributed by atoms with E-state index in [9.17, 15) is 13.2 Å². The zero-order chi connectivity index (χ0) is 17.9. The molecule has 0 unspecified atom stereocenters. The fraction of sp³-hybridized carbons (Fsp3) is 0.133. The maximum atomic E-state index is 12.2. The van der Waals surface area contributed by atoms with Crippen molar-refractivity contribution in [2.45, 2.75) is 6.54 Å². The number of rotatable bonds is 6. The molecule has 130 valence electrons. The van der Waals surface area contributed by atoms with Crippen molar-refractivity contribution in [1.82, 2.24) is 15.5 Å². The smallest absolute Gasteiger partial charge is 0.251 e. The lowest BCUT2D eigenvalue weighted by molar-refractivity contribution is 0.0946. The van der Waals surface area contributed by atoms with Crippen molar-refractivity contribution in [3.63, 3.8) is 0 Å². The molecule has 2 heterocycles. The van der Waals surface area contributed by atoms with Gasteiger partial charge in [-0.2, -0.15) is 4.98 Å². The summed E-state index contributed by atoms with van der Waals surface area (Å²) in [4.78, 5) is 17.3. The van der Waals surface area contributed by atoms with Crippen LogP contribution in [0.2, 0.25) is 0 Å². The van der Waals surface area contributed by atoms with Crippen molar-refractivity contribution >= 4 is 33.0 Å². The summed E-state index contributed by atoms with van der Waals surface area (Å²) in [5.41, 5.74) is 0.625. The number of amides is 1. The van der Waals surface area contributed by atoms with E-state index in [1.165, 1.54) is 17.4 Å². The highest BCUT2D eigenvalue weighted by molar-refractivity contribution is 7.92. The Hall–Kier alpha value is -2.72. The molecule has 1 amide bonds. The van der Waals surface area contributed by atoms with E-state index in [2.05, 4.69) is 20.2 Å². The van der Waals surface area contributed by atoms with Gasteiger partial charge in [0, 0.05) is 11.3 Å². The quantitative estimate of drug-likeness (QED) is 0.679. The Bertz CT molecular complexity index is 981. The SMILES string of the molecule is CS(=O)(=O)Nc1cccc(C(=O)NCc2nc(-c3cccs3)no2)c1. The van der Waals surface area contributed by atoms with Gasteiger partial charge in [0.2, 0.25) is 21.7 Å². The van der Waals surface area contributed by atoms with Crippen molar-refractivity contribution in [1.29, 1.82) is 0 Å². The van der Waals surface area contributed by atoms with E-state index in [1.807, 2.05) is 17.5 Å². The van der Waals surface area contributed by atoms with Gasteiger partial charge in [-0.1, -0.05) is 17.3 Å². The summed E-state index contributed by atoms with van der Waals surface area (Å²) in [5, 5.41) is 8.42. The van der Waals surface area contributed by atoms with Crippen LogP contribution >= 0.6 is 11.3 Å². The average molecular weight is 378 g/mol. The lowest BCUT2D eigenvalue weighted by atomic mass is 10.2. The first-order valence-corrected chi connectivity index (χ1v) is 9.90. The molecule has 0 spiro atoms. The van der Waals surface area contributed by atoms with E-state index in [0.717, 1.165) is 11.1 Å². The minimum absolute atomic E-state index is 0.0704. The number of aromatic nitrogens is 2. The first-order chi connectivity index (χ1) is 11.9. The minimum Gasteiger partial charge on any atom is -0.343 e. The molecule has 0 saturated heterocycles. The summed E-state index contributed by atoms with van der Waals surface area (Å²) in [5.74, 6) is 0.369. The molecule has 0 aliphatic heterocycles. The molecule has 2 N–H and O–H groups in total. The number of sulfonamides is 1. The van der Waals surface area contributed by atoms with Gasteiger partial charge in [-0.15, -0.1) is 11.3 Å². The standard InChI is InChI=1S/C15H14N4O4S2/c1-25(21,22)19-11-5-2-4-10(8-11)15(20)16-9-13-17-14(18-23-13)12-6-3-7-24-12/h2-8,19H,9H2,1H3,(H,16,20). The number of thiophene rings is 1. The van der Waals surface area contributed by atoms with Gasteiger partial charge in [0.05, 0.1) is 17.7 Å². The van der Waals surface area contributed by atoms with Gasteiger partial charge in [0.25, 0.3) is 5.91 Å². The lowest BCUT2D eigenvalue weighted by Crippen LogP contribution is -2.23. The second kappa shape index (κ2) is 7.03. The number of nitrogens with one attached hydrogen (secondary N) is 2. The van der Waals surface area contributed by atoms with Crippen molar-refractivity contribution in [3.8, 4) is 10.7 Å². The highest BCUT2D eigenvalue weighted by atomic mass is 32.2. The molecule has 0 bridgehead atoms. The highest BCUT2D eigenvalue weighted by Gasteiger charge is 2.12. The lowest BCUT2D eigenvalue weighted by Gasteiger charge is -2.06. The summed E-state index contributed by atoms with van der Waals surface area (Å²) in [6.45, 7) is 0.0704. The fourth-order valence-corrected chi connectivity index (χ4v) is 3.23. The van der Waals surface area contributed by atoms with Crippen LogP contribution in [0.4, 0.5) is 5.69 Å². The number of carbonyl (C=O) groups excluding carboxylic acids is 1. The number of anilines is 1. The second-order valence-electron chi connectivity index (χ2n) is 5.13. The molecule has 10 heteroatoms. The maximum Gasteiger partial charge on any atom is 0.251 e. The highest BCUT2D eigenvalue weighted by Crippen LogP contribution is 2.21. The molecule has 8 nitrogen and oxygen atoms in total. The summed E-state index contributed by atoms with van der Waals surface area (Å²) in [7, 11) is -3.41. The Labute approximate surface area is 147 Å². The zero-order valence-corrected chi connectivity index (χ0v) is 14.7. The number of hydrogen-bond acceptors (Lipinski definition) is 7. The van der Waals surface area contributed by atoms with Gasteiger partial charge >= 0.3 is 0 Å². The van der Waals surface area contributed by atoms with Gasteiger partial charge in [0.15, 0.2) is 0 Å². The maximum absolute atomic E-state index is 12.2. The van der Waals surface area contributed by atoms with Crippen LogP contribution in [0.3, 0.4) is 0 Å². The van der Waals surface area contributed by atoms with Crippen LogP contribution < -0.4 is 10.0 Å². The molecule has 2 aromatic heterocycles. The number of carbonyl (C=O) groups is 1. The summed E-state index contributed by atoms with van der Waals surface area (Å²) in [6.07, 6.45) is 1.04. The molecular weight excluding hydrogens is 364 g/mol. The van der Waals surface area contributed by atoms with Crippen LogP contribution in [-0.2, 0) is 16.6 Å². The predicted molar refractivity (Wildman–Crippen MR) is 93.7 cm³/mol. The van der Waals surface area contributed by atoms with Gasteiger partial charge < -0.3 is 9.84 Å². The normalized spacial score (nSPS) is 11.2. The Morgan fingerprint density at radius 3 is 2.84 bits per heavy atom. The summed E-state index contributed by atoms with van der Waals surface area (Å²) in [6, 6.07) is 9.93. The van der Waals surface area contributed by atoms with Crippen molar-refractivity contribution in [2.75, 3.05) is 11.0 Å². The van der Waals surface area contributed by atoms with Crippen molar-refractivity contribution in [3.05, 3.63) is 53.2 Å². The van der Waals surface area contributed by atoms with E-state index in [4.69, 9.17) is 4.52 Å². The minimum atomic E-state index is -3.41. The third-order valence-corrected chi connectivity index (χ3v) is 4.51. The van der Waals surface area contributed by atoms with Crippen LogP contribution in [-0.4, -0.2) is 30.7 Å². The first kappa shape index (κ1) is 17.1. The largest absolute Gasteiger partial charge is 0.343 e. The molecular formula is C15H14N4O4S2. The molecule has 0 aliphatic rings. The number of nitrogens with zero attached hydrogens (tertiary/aromatic N) is 2. The molecule has 3 aromatic rings. The zero-order valence-electron chi connectivity index (χ0n) is 13.1. The second-order valence-corrected chi connectivity index (χ2v) is 7.82. The topological polar surface area (TPSA) is 114 Å². The molecule has 0 fully saturated rings. The van der Waals surface area contributed by atoms with E-state index in [-0.39, 0.29) is 18.3 Å². The van der Waals surface area contributed by atoms with E-state index in [1.54, 1.807) is 18.2 Å². The molecule has 0 atom stereocenters. The van der Waals surface area contributed by atoms with Gasteiger partial charge in [-0.05, 0) is 29.6 Å². The van der Waals surface area contributed by atoms with Crippen molar-refractivity contribution in [2.24, 2.45) is 0 Å². The Morgan fingerprint density at radius 2 is 2.12 bits per heavy atom. The van der Waals surface area contributed by atoms with Gasteiger partial charge in [0.1, 0.15) is 0 Å². The third-order valence-electron chi connectivity index (χ3n) is 3.04. The van der Waals surface area contributed by atoms with Crippen molar-refractivity contribution < 1.29 is 17.7 Å². The van der Waals surface area contributed by atoms with E-state index >= 15 is 0 Å². The number of hydrogen-bond donors (Lipinski definition) is 2. The van der Waals surface area contributed by atoms with Crippen LogP contribution in [0.25, 0.3) is 10.7 Å². The van der Waals surface area contributed by atoms with E-state index in [0.29, 0.717) is 17.1 Å². The van der Waals surface area contributed by atoms with Crippen LogP contribution in [0.1, 0.15) is 16.2 Å². The Kier molecular flexibility index (Phi) is 4.81. The average Bonchev–Trinajstić information content (AvgIpc) is 3.22. The molecule has 25 heavy (non-hydrogen) atoms. The summed E-state index contributed by atoms with van der Waals surface area (Å²) < 4.78 is 29.9. The van der Waals surface area contributed by atoms with Gasteiger partial charge in [-0.25, -0.2) is 8.42 Å². The molecule has 0 saturated carbocycles. The molecule has 0 radical (unpaired) electrons. The monoisotopic (exact) mass is 378 g/mol. The molecule has 1 aromatic carbocycles. The van der Waals surface area contributed by atoms with Gasteiger partial charge in [-0.3, -0.25) is 9.52 Å². The van der Waals surface area contributed by atoms with Crippen LogP contribution in [0.15, 0.2) is 46.3 Å². The number of benzene rings is 1. The predicted octanol–water partition coefficient (Wildman–Crippen LogP) is 2.10. The summed E-state index contributed by atoms with van der Waals surface area (Å²) >= 11 is 1.49. The van der Waals surface area contributed by atoms with Crippen LogP contribution in [0.5, 0.6) is 0 Å². The van der Waals surface area contributed by atoms with E-state index < -0.39 is 10.0 Å². The third kappa shape index (κ3) is 4.64.